The number of allylic oxidation sites excluding steroid dienone is 1. The van der Waals surface area contributed by atoms with Crippen molar-refractivity contribution in [3.8, 4) is 22.9 Å². The highest BCUT2D eigenvalue weighted by atomic mass is 19.1. The first kappa shape index (κ1) is 23.1. The van der Waals surface area contributed by atoms with E-state index >= 15 is 0 Å². The number of aromatic nitrogens is 2. The zero-order valence-corrected chi connectivity index (χ0v) is 19.9. The van der Waals surface area contributed by atoms with E-state index in [9.17, 15) is 9.18 Å². The molecule has 2 amide bonds. The Hall–Kier alpha value is -4.66. The second kappa shape index (κ2) is 9.53. The molecule has 0 bridgehead atoms. The Labute approximate surface area is 207 Å². The van der Waals surface area contributed by atoms with Crippen LogP contribution >= 0.6 is 0 Å². The van der Waals surface area contributed by atoms with Crippen molar-refractivity contribution in [2.24, 2.45) is 0 Å². The third-order valence-electron chi connectivity index (χ3n) is 5.96. The molecule has 8 nitrogen and oxygen atoms in total. The molecule has 1 N–H and O–H groups in total. The maximum Gasteiger partial charge on any atom is 0.327 e. The monoisotopic (exact) mass is 486 g/mol. The van der Waals surface area contributed by atoms with Crippen LogP contribution in [0, 0.1) is 5.82 Å². The third kappa shape index (κ3) is 4.26. The van der Waals surface area contributed by atoms with Crippen molar-refractivity contribution in [1.29, 1.82) is 0 Å². The van der Waals surface area contributed by atoms with Gasteiger partial charge in [-0.3, -0.25) is 4.90 Å². The molecule has 0 fully saturated rings. The van der Waals surface area contributed by atoms with Crippen molar-refractivity contribution in [1.82, 2.24) is 15.5 Å². The van der Waals surface area contributed by atoms with Crippen molar-refractivity contribution < 1.29 is 23.2 Å². The van der Waals surface area contributed by atoms with E-state index in [1.807, 2.05) is 18.2 Å². The number of anilines is 1. The zero-order chi connectivity index (χ0) is 25.2. The molecule has 0 aliphatic carbocycles. The summed E-state index contributed by atoms with van der Waals surface area (Å²) in [6, 6.07) is 19.4. The van der Waals surface area contributed by atoms with Crippen LogP contribution in [0.3, 0.4) is 0 Å². The highest BCUT2D eigenvalue weighted by Crippen LogP contribution is 2.39. The van der Waals surface area contributed by atoms with Crippen molar-refractivity contribution in [2.45, 2.75) is 13.0 Å². The zero-order valence-electron chi connectivity index (χ0n) is 19.9. The lowest BCUT2D eigenvalue weighted by Crippen LogP contribution is -2.46. The summed E-state index contributed by atoms with van der Waals surface area (Å²) in [5.41, 5.74) is 2.94. The lowest BCUT2D eigenvalue weighted by Gasteiger charge is -2.35. The molecule has 1 aromatic heterocycles. The molecule has 1 aliphatic heterocycles. The number of nitrogens with one attached hydrogen (secondary N) is 1. The first-order valence-electron chi connectivity index (χ1n) is 11.2. The Bertz CT molecular complexity index is 1470. The lowest BCUT2D eigenvalue weighted by atomic mass is 9.94. The molecule has 1 atom stereocenters. The van der Waals surface area contributed by atoms with Gasteiger partial charge in [-0.2, -0.15) is 4.98 Å². The summed E-state index contributed by atoms with van der Waals surface area (Å²) in [7, 11) is 3.14. The van der Waals surface area contributed by atoms with Gasteiger partial charge in [0.15, 0.2) is 0 Å². The van der Waals surface area contributed by atoms with Crippen molar-refractivity contribution >= 4 is 17.3 Å². The van der Waals surface area contributed by atoms with Crippen molar-refractivity contribution in [2.75, 3.05) is 19.1 Å². The fraction of sp³-hybridized carbons (Fsp3) is 0.148. The Balaban J connectivity index is 1.66. The number of rotatable bonds is 6. The Kier molecular flexibility index (Phi) is 6.12. The van der Waals surface area contributed by atoms with E-state index in [4.69, 9.17) is 14.0 Å². The minimum atomic E-state index is -0.714. The number of carbonyl (C=O) groups is 1. The molecule has 9 heteroatoms. The summed E-state index contributed by atoms with van der Waals surface area (Å²) in [4.78, 5) is 19.4. The van der Waals surface area contributed by atoms with Crippen LogP contribution in [0.25, 0.3) is 17.0 Å². The topological polar surface area (TPSA) is 89.7 Å². The Morgan fingerprint density at radius 2 is 1.69 bits per heavy atom. The highest BCUT2D eigenvalue weighted by Gasteiger charge is 2.36. The van der Waals surface area contributed by atoms with Gasteiger partial charge in [0.2, 0.25) is 5.82 Å². The first-order chi connectivity index (χ1) is 17.5. The maximum atomic E-state index is 14.2. The quantitative estimate of drug-likeness (QED) is 0.382. The number of carbonyl (C=O) groups excluding carboxylic acids is 1. The Morgan fingerprint density at radius 3 is 2.44 bits per heavy atom. The third-order valence-corrected chi connectivity index (χ3v) is 5.96. The first-order valence-corrected chi connectivity index (χ1v) is 11.2. The lowest BCUT2D eigenvalue weighted by molar-refractivity contribution is 0.244. The summed E-state index contributed by atoms with van der Waals surface area (Å²) in [5, 5.41) is 7.13. The summed E-state index contributed by atoms with van der Waals surface area (Å²) in [5.74, 6) is 1.39. The molecule has 5 rings (SSSR count). The fourth-order valence-corrected chi connectivity index (χ4v) is 4.23. The molecule has 3 aromatic carbocycles. The molecule has 1 aliphatic rings. The van der Waals surface area contributed by atoms with Crippen LogP contribution in [-0.4, -0.2) is 30.4 Å². The van der Waals surface area contributed by atoms with Gasteiger partial charge in [-0.1, -0.05) is 35.5 Å². The largest absolute Gasteiger partial charge is 0.497 e. The van der Waals surface area contributed by atoms with Gasteiger partial charge >= 0.3 is 6.03 Å². The predicted molar refractivity (Wildman–Crippen MR) is 132 cm³/mol. The Morgan fingerprint density at radius 1 is 0.972 bits per heavy atom. The van der Waals surface area contributed by atoms with Gasteiger partial charge in [-0.05, 0) is 48.9 Å². The normalized spacial score (nSPS) is 15.6. The van der Waals surface area contributed by atoms with Gasteiger partial charge in [0.05, 0.1) is 31.5 Å². The number of ether oxygens (including phenoxy) is 2. The standard InChI is InChI=1S/C27H23FN4O4/c1-16-23(26-30-25(31-36-26)18-8-5-11-21(14-18)34-2)24(17-7-4-9-19(28)13-17)29-27(33)32(16)20-10-6-12-22(15-20)35-3/h4-15,24H,1-3H3,(H,29,33). The summed E-state index contributed by atoms with van der Waals surface area (Å²) < 4.78 is 30.5. The van der Waals surface area contributed by atoms with E-state index in [2.05, 4.69) is 15.5 Å². The fourth-order valence-electron chi connectivity index (χ4n) is 4.23. The van der Waals surface area contributed by atoms with Gasteiger partial charge in [0.1, 0.15) is 17.3 Å². The molecule has 36 heavy (non-hydrogen) atoms. The maximum absolute atomic E-state index is 14.2. The van der Waals surface area contributed by atoms with Gasteiger partial charge in [0.25, 0.3) is 5.89 Å². The van der Waals surface area contributed by atoms with Crippen LogP contribution in [0.2, 0.25) is 0 Å². The number of hydrogen-bond donors (Lipinski definition) is 1. The molecule has 0 saturated heterocycles. The number of hydrogen-bond acceptors (Lipinski definition) is 6. The summed E-state index contributed by atoms with van der Waals surface area (Å²) >= 11 is 0. The smallest absolute Gasteiger partial charge is 0.327 e. The van der Waals surface area contributed by atoms with E-state index in [0.717, 1.165) is 0 Å². The van der Waals surface area contributed by atoms with Gasteiger partial charge in [-0.25, -0.2) is 9.18 Å². The molecule has 1 unspecified atom stereocenters. The van der Waals surface area contributed by atoms with Crippen LogP contribution in [0.4, 0.5) is 14.9 Å². The number of methoxy groups -OCH3 is 2. The van der Waals surface area contributed by atoms with Crippen LogP contribution in [0.1, 0.15) is 24.4 Å². The van der Waals surface area contributed by atoms with Crippen LogP contribution < -0.4 is 19.7 Å². The molecule has 0 spiro atoms. The van der Waals surface area contributed by atoms with E-state index in [-0.39, 0.29) is 11.9 Å². The summed E-state index contributed by atoms with van der Waals surface area (Å²) in [6.45, 7) is 1.79. The minimum Gasteiger partial charge on any atom is -0.497 e. The molecule has 2 heterocycles. The van der Waals surface area contributed by atoms with Crippen molar-refractivity contribution in [3.63, 3.8) is 0 Å². The molecular formula is C27H23FN4O4. The van der Waals surface area contributed by atoms with E-state index in [0.29, 0.717) is 45.4 Å². The van der Waals surface area contributed by atoms with E-state index < -0.39 is 11.9 Å². The molecule has 182 valence electrons. The average Bonchev–Trinajstić information content (AvgIpc) is 3.38. The van der Waals surface area contributed by atoms with Gasteiger partial charge in [0, 0.05) is 17.3 Å². The van der Waals surface area contributed by atoms with E-state index in [1.165, 1.54) is 17.0 Å². The number of nitrogens with zero attached hydrogens (tertiary/aromatic N) is 3. The van der Waals surface area contributed by atoms with Crippen molar-refractivity contribution in [3.05, 3.63) is 95.8 Å². The SMILES string of the molecule is COc1cccc(-c2noc(C3=C(C)N(c4cccc(OC)c4)C(=O)NC3c3cccc(F)c3)n2)c1. The van der Waals surface area contributed by atoms with Crippen LogP contribution in [0.5, 0.6) is 11.5 Å². The number of benzene rings is 3. The van der Waals surface area contributed by atoms with Gasteiger partial charge < -0.3 is 19.3 Å². The molecular weight excluding hydrogens is 463 g/mol. The summed E-state index contributed by atoms with van der Waals surface area (Å²) in [6.07, 6.45) is 0. The number of amides is 2. The highest BCUT2D eigenvalue weighted by molar-refractivity contribution is 6.01. The minimum absolute atomic E-state index is 0.201. The second-order valence-corrected chi connectivity index (χ2v) is 8.13. The number of halogens is 1. The van der Waals surface area contributed by atoms with Gasteiger partial charge in [-0.15, -0.1) is 0 Å². The molecule has 0 saturated carbocycles. The van der Waals surface area contributed by atoms with Crippen LogP contribution in [0.15, 0.2) is 83.0 Å². The predicted octanol–water partition coefficient (Wildman–Crippen LogP) is 5.60. The average molecular weight is 487 g/mol. The van der Waals surface area contributed by atoms with Crippen LogP contribution in [-0.2, 0) is 0 Å². The molecule has 4 aromatic rings. The number of urea groups is 1. The molecule has 0 radical (unpaired) electrons. The second-order valence-electron chi connectivity index (χ2n) is 8.13. The van der Waals surface area contributed by atoms with E-state index in [1.54, 1.807) is 63.6 Å².